The molecule has 0 spiro atoms. The van der Waals surface area contributed by atoms with Crippen LogP contribution in [0.2, 0.25) is 10.0 Å². The molecular formula is C25H25Cl2N2OS+. The van der Waals surface area contributed by atoms with Crippen molar-refractivity contribution in [1.82, 2.24) is 0 Å². The van der Waals surface area contributed by atoms with E-state index in [4.69, 9.17) is 35.4 Å². The molecule has 0 saturated heterocycles. The summed E-state index contributed by atoms with van der Waals surface area (Å²) < 4.78 is 1.81. The zero-order chi connectivity index (χ0) is 22.8. The second-order valence-corrected chi connectivity index (χ2v) is 9.56. The van der Waals surface area contributed by atoms with E-state index in [0.29, 0.717) is 26.3 Å². The molecule has 0 amide bonds. The van der Waals surface area contributed by atoms with Crippen LogP contribution in [0.1, 0.15) is 37.5 Å². The third-order valence-corrected chi connectivity index (χ3v) is 6.01. The van der Waals surface area contributed by atoms with E-state index in [9.17, 15) is 5.11 Å². The number of aliphatic hydroxyl groups is 1. The number of hydrogen-bond acceptors (Lipinski definition) is 2. The summed E-state index contributed by atoms with van der Waals surface area (Å²) in [5, 5.41) is 15.3. The summed E-state index contributed by atoms with van der Waals surface area (Å²) in [6.07, 6.45) is 3.80. The second-order valence-electron chi connectivity index (χ2n) is 8.34. The number of pyridine rings is 1. The molecule has 0 atom stereocenters. The summed E-state index contributed by atoms with van der Waals surface area (Å²) in [6, 6.07) is 16.9. The fourth-order valence-corrected chi connectivity index (χ4v) is 3.71. The van der Waals surface area contributed by atoms with Crippen LogP contribution in [-0.2, 0) is 5.41 Å². The third kappa shape index (κ3) is 5.45. The quantitative estimate of drug-likeness (QED) is 0.182. The van der Waals surface area contributed by atoms with E-state index in [1.54, 1.807) is 22.8 Å². The number of halogens is 2. The Bertz CT molecular complexity index is 1150. The highest BCUT2D eigenvalue weighted by molar-refractivity contribution is 7.81. The molecule has 31 heavy (non-hydrogen) atoms. The predicted octanol–water partition coefficient (Wildman–Crippen LogP) is 7.21. The Morgan fingerprint density at radius 3 is 2.19 bits per heavy atom. The van der Waals surface area contributed by atoms with Crippen molar-refractivity contribution < 1.29 is 9.67 Å². The summed E-state index contributed by atoms with van der Waals surface area (Å²) in [5.41, 5.74) is 4.07. The number of aryl methyl sites for hydroxylation is 1. The van der Waals surface area contributed by atoms with E-state index in [1.807, 2.05) is 55.7 Å². The van der Waals surface area contributed by atoms with Crippen molar-refractivity contribution >= 4 is 57.6 Å². The molecule has 0 aliphatic carbocycles. The van der Waals surface area contributed by atoms with Gasteiger partial charge in [0, 0.05) is 23.4 Å². The van der Waals surface area contributed by atoms with E-state index in [1.165, 1.54) is 5.56 Å². The van der Waals surface area contributed by atoms with Gasteiger partial charge in [0.25, 0.3) is 5.70 Å². The number of nitrogens with zero attached hydrogens (tertiary/aromatic N) is 1. The molecule has 6 heteroatoms. The molecule has 1 heterocycles. The van der Waals surface area contributed by atoms with Gasteiger partial charge in [-0.1, -0.05) is 74.4 Å². The molecular weight excluding hydrogens is 447 g/mol. The van der Waals surface area contributed by atoms with Crippen molar-refractivity contribution in [3.8, 4) is 0 Å². The monoisotopic (exact) mass is 471 g/mol. The molecule has 2 N–H and O–H groups in total. The number of para-hydroxylation sites is 1. The van der Waals surface area contributed by atoms with Crippen LogP contribution >= 0.6 is 35.4 Å². The molecule has 3 nitrogen and oxygen atoms in total. The van der Waals surface area contributed by atoms with Gasteiger partial charge >= 0.3 is 0 Å². The Labute approximate surface area is 199 Å². The van der Waals surface area contributed by atoms with Gasteiger partial charge in [-0.2, -0.15) is 4.57 Å². The standard InChI is InChI=1S/C25H24Cl2N2OS/c1-16-7-5-6-8-21(16)28-24(31)22(23(30)17-9-10-19(26)20(27)15-17)29-13-11-18(12-14-29)25(2,3)4/h5-15H,1-4H3,(H-,28,30,31)/p+1. The zero-order valence-electron chi connectivity index (χ0n) is 17.9. The average molecular weight is 472 g/mol. The van der Waals surface area contributed by atoms with Crippen LogP contribution < -0.4 is 9.88 Å². The number of rotatable bonds is 4. The largest absolute Gasteiger partial charge is 0.502 e. The van der Waals surface area contributed by atoms with E-state index >= 15 is 0 Å². The topological polar surface area (TPSA) is 36.1 Å². The molecule has 0 radical (unpaired) electrons. The highest BCUT2D eigenvalue weighted by Crippen LogP contribution is 2.28. The maximum atomic E-state index is 11.2. The van der Waals surface area contributed by atoms with Crippen LogP contribution in [0, 0.1) is 6.92 Å². The molecule has 3 aromatic rings. The smallest absolute Gasteiger partial charge is 0.288 e. The maximum Gasteiger partial charge on any atom is 0.288 e. The Morgan fingerprint density at radius 2 is 1.61 bits per heavy atom. The highest BCUT2D eigenvalue weighted by Gasteiger charge is 2.25. The van der Waals surface area contributed by atoms with Gasteiger partial charge in [0.1, 0.15) is 0 Å². The summed E-state index contributed by atoms with van der Waals surface area (Å²) >= 11 is 18.0. The number of nitrogens with one attached hydrogen (secondary N) is 1. The van der Waals surface area contributed by atoms with Crippen LogP contribution in [0.4, 0.5) is 5.69 Å². The minimum Gasteiger partial charge on any atom is -0.502 e. The fraction of sp³-hybridized carbons (Fsp3) is 0.200. The van der Waals surface area contributed by atoms with E-state index in [2.05, 4.69) is 26.1 Å². The van der Waals surface area contributed by atoms with Gasteiger partial charge in [-0.15, -0.1) is 0 Å². The Morgan fingerprint density at radius 1 is 0.968 bits per heavy atom. The number of benzene rings is 2. The normalized spacial score (nSPS) is 12.3. The van der Waals surface area contributed by atoms with E-state index < -0.39 is 0 Å². The summed E-state index contributed by atoms with van der Waals surface area (Å²) in [7, 11) is 0. The number of anilines is 1. The van der Waals surface area contributed by atoms with Crippen molar-refractivity contribution in [3.63, 3.8) is 0 Å². The number of hydrogen-bond donors (Lipinski definition) is 2. The van der Waals surface area contributed by atoms with Gasteiger partial charge in [-0.05, 0) is 47.7 Å². The van der Waals surface area contributed by atoms with Crippen molar-refractivity contribution in [2.75, 3.05) is 5.32 Å². The molecule has 0 aliphatic rings. The Balaban J connectivity index is 2.12. The van der Waals surface area contributed by atoms with Gasteiger partial charge in [-0.3, -0.25) is 0 Å². The van der Waals surface area contributed by atoms with E-state index in [0.717, 1.165) is 11.3 Å². The first kappa shape index (κ1) is 23.3. The fourth-order valence-electron chi connectivity index (χ4n) is 3.10. The van der Waals surface area contributed by atoms with Gasteiger partial charge in [-0.25, -0.2) is 0 Å². The minimum absolute atomic E-state index is 0.00170. The second kappa shape index (κ2) is 9.39. The third-order valence-electron chi connectivity index (χ3n) is 4.98. The van der Waals surface area contributed by atoms with Crippen molar-refractivity contribution in [1.29, 1.82) is 0 Å². The van der Waals surface area contributed by atoms with Crippen molar-refractivity contribution in [2.45, 2.75) is 33.1 Å². The molecule has 0 aliphatic heterocycles. The first-order valence-corrected chi connectivity index (χ1v) is 11.0. The zero-order valence-corrected chi connectivity index (χ0v) is 20.2. The highest BCUT2D eigenvalue weighted by atomic mass is 35.5. The van der Waals surface area contributed by atoms with Crippen LogP contribution in [0.5, 0.6) is 0 Å². The lowest BCUT2D eigenvalue weighted by Gasteiger charge is -2.18. The molecule has 160 valence electrons. The maximum absolute atomic E-state index is 11.2. The van der Waals surface area contributed by atoms with Crippen LogP contribution in [0.15, 0.2) is 67.0 Å². The Kier molecular flexibility index (Phi) is 7.05. The number of aliphatic hydroxyl groups excluding tert-OH is 1. The van der Waals surface area contributed by atoms with Crippen molar-refractivity contribution in [2.24, 2.45) is 0 Å². The predicted molar refractivity (Wildman–Crippen MR) is 135 cm³/mol. The number of aromatic nitrogens is 1. The van der Waals surface area contributed by atoms with Crippen molar-refractivity contribution in [3.05, 3.63) is 93.7 Å². The molecule has 2 aromatic carbocycles. The lowest BCUT2D eigenvalue weighted by Crippen LogP contribution is -2.39. The van der Waals surface area contributed by atoms with Gasteiger partial charge in [0.2, 0.25) is 0 Å². The molecule has 0 fully saturated rings. The molecule has 0 unspecified atom stereocenters. The SMILES string of the molecule is Cc1ccccc1NC(=S)/C(=C(/O)c1ccc(Cl)c(Cl)c1)[n+]1ccc(C(C)(C)C)cc1. The van der Waals surface area contributed by atoms with Crippen LogP contribution in [-0.4, -0.2) is 10.1 Å². The molecule has 0 saturated carbocycles. The summed E-state index contributed by atoms with van der Waals surface area (Å²) in [4.78, 5) is 0.381. The van der Waals surface area contributed by atoms with E-state index in [-0.39, 0.29) is 11.2 Å². The lowest BCUT2D eigenvalue weighted by molar-refractivity contribution is -0.575. The molecule has 3 rings (SSSR count). The minimum atomic E-state index is -0.00170. The first-order valence-electron chi connectivity index (χ1n) is 9.86. The summed E-state index contributed by atoms with van der Waals surface area (Å²) in [5.74, 6) is -0.00170. The lowest BCUT2D eigenvalue weighted by atomic mass is 9.88. The number of thiocarbonyl (C=S) groups is 1. The summed E-state index contributed by atoms with van der Waals surface area (Å²) in [6.45, 7) is 8.46. The average Bonchev–Trinajstić information content (AvgIpc) is 2.71. The van der Waals surface area contributed by atoms with Crippen LogP contribution in [0.25, 0.3) is 11.5 Å². The first-order chi connectivity index (χ1) is 14.6. The van der Waals surface area contributed by atoms with Crippen LogP contribution in [0.3, 0.4) is 0 Å². The van der Waals surface area contributed by atoms with Gasteiger partial charge < -0.3 is 10.4 Å². The molecule has 0 bridgehead atoms. The van der Waals surface area contributed by atoms with Gasteiger partial charge in [0.05, 0.1) is 10.0 Å². The Hall–Kier alpha value is -2.40. The van der Waals surface area contributed by atoms with Gasteiger partial charge in [0.15, 0.2) is 23.1 Å². The molecule has 1 aromatic heterocycles.